The number of hydrogen-bond donors (Lipinski definition) is 1. The minimum absolute atomic E-state index is 0.0325. The molecule has 0 radical (unpaired) electrons. The number of aromatic nitrogens is 5. The highest BCUT2D eigenvalue weighted by Crippen LogP contribution is 2.33. The Balaban J connectivity index is 1.95. The van der Waals surface area contributed by atoms with Crippen molar-refractivity contribution in [2.24, 2.45) is 5.73 Å². The van der Waals surface area contributed by atoms with Gasteiger partial charge >= 0.3 is 0 Å². The van der Waals surface area contributed by atoms with Gasteiger partial charge in [-0.2, -0.15) is 5.10 Å². The van der Waals surface area contributed by atoms with E-state index in [9.17, 15) is 18.0 Å². The van der Waals surface area contributed by atoms with Crippen LogP contribution in [0.1, 0.15) is 17.4 Å². The SMILES string of the molecule is CC(F)(F)Cn1cnc(-c2ccc(F)c(Cl)c2)c1-c1ccc2ncc(C(N)=O)n2n1. The van der Waals surface area contributed by atoms with Crippen molar-refractivity contribution in [1.29, 1.82) is 0 Å². The van der Waals surface area contributed by atoms with Gasteiger partial charge in [0.25, 0.3) is 11.8 Å². The van der Waals surface area contributed by atoms with Crippen LogP contribution in [0, 0.1) is 5.82 Å². The van der Waals surface area contributed by atoms with E-state index in [2.05, 4.69) is 15.1 Å². The first kappa shape index (κ1) is 19.9. The van der Waals surface area contributed by atoms with Gasteiger partial charge in [0.15, 0.2) is 5.65 Å². The number of halogens is 4. The number of amides is 1. The molecule has 0 aliphatic rings. The van der Waals surface area contributed by atoms with Crippen molar-refractivity contribution in [1.82, 2.24) is 24.1 Å². The van der Waals surface area contributed by atoms with Crippen LogP contribution in [-0.4, -0.2) is 36.0 Å². The molecule has 0 unspecified atom stereocenters. The van der Waals surface area contributed by atoms with E-state index in [4.69, 9.17) is 17.3 Å². The van der Waals surface area contributed by atoms with Gasteiger partial charge in [-0.05, 0) is 30.3 Å². The van der Waals surface area contributed by atoms with E-state index in [1.165, 1.54) is 33.7 Å². The standard InChI is InChI=1S/C19H14ClF3N6O/c1-19(22,23)8-28-9-26-16(10-2-3-12(21)11(20)6-10)17(28)13-4-5-15-25-7-14(18(24)30)29(15)27-13/h2-7,9H,8H2,1H3,(H2,24,30). The molecule has 2 N–H and O–H groups in total. The Morgan fingerprint density at radius 3 is 2.67 bits per heavy atom. The molecular formula is C19H14ClF3N6O. The predicted octanol–water partition coefficient (Wildman–Crippen LogP) is 3.81. The molecular weight excluding hydrogens is 421 g/mol. The Morgan fingerprint density at radius 2 is 2.00 bits per heavy atom. The minimum Gasteiger partial charge on any atom is -0.364 e. The smallest absolute Gasteiger partial charge is 0.269 e. The van der Waals surface area contributed by atoms with E-state index in [0.29, 0.717) is 11.2 Å². The highest BCUT2D eigenvalue weighted by atomic mass is 35.5. The number of hydrogen-bond acceptors (Lipinski definition) is 4. The second-order valence-corrected chi connectivity index (χ2v) is 7.17. The van der Waals surface area contributed by atoms with Crippen LogP contribution < -0.4 is 5.73 Å². The van der Waals surface area contributed by atoms with Gasteiger partial charge in [0.2, 0.25) is 0 Å². The van der Waals surface area contributed by atoms with Crippen LogP contribution in [0.5, 0.6) is 0 Å². The molecule has 1 amide bonds. The third-order valence-electron chi connectivity index (χ3n) is 4.34. The summed E-state index contributed by atoms with van der Waals surface area (Å²) in [6.07, 6.45) is 2.51. The van der Waals surface area contributed by atoms with Gasteiger partial charge in [0.05, 0.1) is 35.5 Å². The number of benzene rings is 1. The second kappa shape index (κ2) is 7.13. The van der Waals surface area contributed by atoms with Gasteiger partial charge in [0, 0.05) is 12.5 Å². The fourth-order valence-electron chi connectivity index (χ4n) is 3.09. The molecule has 0 spiro atoms. The second-order valence-electron chi connectivity index (χ2n) is 6.77. The van der Waals surface area contributed by atoms with Crippen molar-refractivity contribution in [3.8, 4) is 22.6 Å². The largest absolute Gasteiger partial charge is 0.364 e. The Bertz CT molecular complexity index is 1280. The first-order chi connectivity index (χ1) is 14.1. The lowest BCUT2D eigenvalue weighted by Gasteiger charge is -2.15. The van der Waals surface area contributed by atoms with Crippen LogP contribution in [0.15, 0.2) is 42.9 Å². The third-order valence-corrected chi connectivity index (χ3v) is 4.63. The number of fused-ring (bicyclic) bond motifs is 1. The zero-order valence-corrected chi connectivity index (χ0v) is 16.2. The van der Waals surface area contributed by atoms with Gasteiger partial charge in [-0.1, -0.05) is 11.6 Å². The van der Waals surface area contributed by atoms with Crippen LogP contribution in [0.4, 0.5) is 13.2 Å². The minimum atomic E-state index is -3.04. The molecule has 0 fully saturated rings. The number of nitrogens with two attached hydrogens (primary N) is 1. The number of rotatable bonds is 5. The summed E-state index contributed by atoms with van der Waals surface area (Å²) in [4.78, 5) is 19.9. The van der Waals surface area contributed by atoms with Gasteiger partial charge in [0.1, 0.15) is 17.2 Å². The molecule has 0 aliphatic carbocycles. The summed E-state index contributed by atoms with van der Waals surface area (Å²) in [7, 11) is 0. The summed E-state index contributed by atoms with van der Waals surface area (Å²) >= 11 is 5.89. The van der Waals surface area contributed by atoms with Crippen LogP contribution >= 0.6 is 11.6 Å². The van der Waals surface area contributed by atoms with Crippen molar-refractivity contribution in [3.63, 3.8) is 0 Å². The van der Waals surface area contributed by atoms with Gasteiger partial charge in [-0.15, -0.1) is 0 Å². The van der Waals surface area contributed by atoms with Crippen molar-refractivity contribution in [3.05, 3.63) is 59.4 Å². The van der Waals surface area contributed by atoms with Crippen molar-refractivity contribution in [2.75, 3.05) is 0 Å². The summed E-state index contributed by atoms with van der Waals surface area (Å²) in [5, 5.41) is 4.22. The van der Waals surface area contributed by atoms with Crippen molar-refractivity contribution >= 4 is 23.2 Å². The highest BCUT2D eigenvalue weighted by Gasteiger charge is 2.26. The Morgan fingerprint density at radius 1 is 1.23 bits per heavy atom. The zero-order chi connectivity index (χ0) is 21.6. The van der Waals surface area contributed by atoms with Crippen LogP contribution in [-0.2, 0) is 6.54 Å². The van der Waals surface area contributed by atoms with E-state index in [1.807, 2.05) is 0 Å². The Hall–Kier alpha value is -3.40. The van der Waals surface area contributed by atoms with Crippen LogP contribution in [0.3, 0.4) is 0 Å². The van der Waals surface area contributed by atoms with Crippen molar-refractivity contribution in [2.45, 2.75) is 19.4 Å². The molecule has 4 rings (SSSR count). The Labute approximate surface area is 172 Å². The number of primary amides is 1. The normalized spacial score (nSPS) is 11.9. The summed E-state index contributed by atoms with van der Waals surface area (Å²) in [5.74, 6) is -4.40. The van der Waals surface area contributed by atoms with Gasteiger partial charge in [-0.25, -0.2) is 27.7 Å². The topological polar surface area (TPSA) is 91.1 Å². The summed E-state index contributed by atoms with van der Waals surface area (Å²) in [6, 6.07) is 7.07. The molecule has 0 aliphatic heterocycles. The number of nitrogens with zero attached hydrogens (tertiary/aromatic N) is 5. The molecule has 3 heterocycles. The monoisotopic (exact) mass is 434 g/mol. The van der Waals surface area contributed by atoms with E-state index < -0.39 is 24.2 Å². The van der Waals surface area contributed by atoms with Gasteiger partial charge in [-0.3, -0.25) is 4.79 Å². The molecule has 4 aromatic rings. The maximum absolute atomic E-state index is 13.8. The average molecular weight is 435 g/mol. The molecule has 7 nitrogen and oxygen atoms in total. The van der Waals surface area contributed by atoms with E-state index in [0.717, 1.165) is 13.0 Å². The lowest BCUT2D eigenvalue weighted by atomic mass is 10.1. The molecule has 3 aromatic heterocycles. The molecule has 11 heteroatoms. The van der Waals surface area contributed by atoms with Crippen LogP contribution in [0.2, 0.25) is 5.02 Å². The predicted molar refractivity (Wildman–Crippen MR) is 104 cm³/mol. The van der Waals surface area contributed by atoms with Gasteiger partial charge < -0.3 is 10.3 Å². The van der Waals surface area contributed by atoms with E-state index in [1.54, 1.807) is 12.1 Å². The summed E-state index contributed by atoms with van der Waals surface area (Å²) < 4.78 is 43.6. The maximum Gasteiger partial charge on any atom is 0.269 e. The molecule has 0 saturated carbocycles. The fraction of sp³-hybridized carbons (Fsp3) is 0.158. The average Bonchev–Trinajstić information content (AvgIpc) is 3.26. The fourth-order valence-corrected chi connectivity index (χ4v) is 3.27. The maximum atomic E-state index is 13.8. The lowest BCUT2D eigenvalue weighted by molar-refractivity contribution is 0.00429. The summed E-state index contributed by atoms with van der Waals surface area (Å²) in [6.45, 7) is 0.111. The Kier molecular flexibility index (Phi) is 4.73. The van der Waals surface area contributed by atoms with E-state index in [-0.39, 0.29) is 27.8 Å². The number of imidazole rings is 2. The molecule has 154 valence electrons. The highest BCUT2D eigenvalue weighted by molar-refractivity contribution is 6.31. The first-order valence-corrected chi connectivity index (χ1v) is 9.05. The van der Waals surface area contributed by atoms with E-state index >= 15 is 0 Å². The van der Waals surface area contributed by atoms with Crippen molar-refractivity contribution < 1.29 is 18.0 Å². The third kappa shape index (κ3) is 3.61. The molecule has 0 atom stereocenters. The number of carbonyl (C=O) groups excluding carboxylic acids is 1. The molecule has 30 heavy (non-hydrogen) atoms. The number of alkyl halides is 2. The molecule has 0 bridgehead atoms. The summed E-state index contributed by atoms with van der Waals surface area (Å²) in [5.41, 5.74) is 6.90. The van der Waals surface area contributed by atoms with Crippen LogP contribution in [0.25, 0.3) is 28.3 Å². The first-order valence-electron chi connectivity index (χ1n) is 8.67. The molecule has 1 aromatic carbocycles. The molecule has 0 saturated heterocycles. The number of carbonyl (C=O) groups is 1. The lowest BCUT2D eigenvalue weighted by Crippen LogP contribution is -2.20. The zero-order valence-electron chi connectivity index (χ0n) is 15.5. The quantitative estimate of drug-likeness (QED) is 0.517.